The molecule has 0 radical (unpaired) electrons. The number of pyridine rings is 1. The summed E-state index contributed by atoms with van der Waals surface area (Å²) in [5.41, 5.74) is 2.38. The molecule has 1 saturated carbocycles. The standard InChI is InChI=1S/C25H30N4O4S/c1-4-26-22-23(25(31)24(22)30)29-19-8-7-15-16(19)10-21(34(32,33)28-11-13(2)3)17-9-20(14-5-6-14)27-12-18(15)17/h9-10,12-14,19,26,28-29H,4-8,11H2,1-3H3/t19-/m1/s1. The predicted octanol–water partition coefficient (Wildman–Crippen LogP) is 3.17. The summed E-state index contributed by atoms with van der Waals surface area (Å²) in [4.78, 5) is 29.1. The van der Waals surface area contributed by atoms with Gasteiger partial charge >= 0.3 is 0 Å². The molecule has 0 spiro atoms. The number of sulfonamides is 1. The van der Waals surface area contributed by atoms with Crippen molar-refractivity contribution in [2.45, 2.75) is 63.3 Å². The van der Waals surface area contributed by atoms with Crippen molar-refractivity contribution in [3.63, 3.8) is 0 Å². The van der Waals surface area contributed by atoms with Crippen LogP contribution in [0.3, 0.4) is 0 Å². The highest BCUT2D eigenvalue weighted by molar-refractivity contribution is 7.89. The zero-order chi connectivity index (χ0) is 24.2. The molecule has 1 heterocycles. The topological polar surface area (TPSA) is 117 Å². The molecule has 0 saturated heterocycles. The van der Waals surface area contributed by atoms with E-state index >= 15 is 0 Å². The molecular weight excluding hydrogens is 452 g/mol. The number of aromatic nitrogens is 1. The van der Waals surface area contributed by atoms with Crippen LogP contribution in [0.4, 0.5) is 11.4 Å². The van der Waals surface area contributed by atoms with Crippen LogP contribution < -0.4 is 26.2 Å². The van der Waals surface area contributed by atoms with Gasteiger partial charge in [-0.25, -0.2) is 13.1 Å². The summed E-state index contributed by atoms with van der Waals surface area (Å²) in [5.74, 6) is 0.581. The molecule has 0 aliphatic heterocycles. The molecule has 3 N–H and O–H groups in total. The molecule has 2 aromatic carbocycles. The van der Waals surface area contributed by atoms with Gasteiger partial charge in [0.15, 0.2) is 0 Å². The lowest BCUT2D eigenvalue weighted by Crippen LogP contribution is -2.38. The van der Waals surface area contributed by atoms with E-state index in [2.05, 4.69) is 20.3 Å². The Labute approximate surface area is 198 Å². The van der Waals surface area contributed by atoms with Gasteiger partial charge in [0.1, 0.15) is 11.4 Å². The Morgan fingerprint density at radius 3 is 2.47 bits per heavy atom. The molecular formula is C25H30N4O4S. The van der Waals surface area contributed by atoms with Crippen LogP contribution in [0, 0.1) is 5.92 Å². The summed E-state index contributed by atoms with van der Waals surface area (Å²) in [6.45, 7) is 6.67. The number of nitrogens with zero attached hydrogens (tertiary/aromatic N) is 1. The Morgan fingerprint density at radius 1 is 1.06 bits per heavy atom. The summed E-state index contributed by atoms with van der Waals surface area (Å²) in [6, 6.07) is 3.43. The molecule has 5 rings (SSSR count). The summed E-state index contributed by atoms with van der Waals surface area (Å²) >= 11 is 0. The molecule has 1 atom stereocenters. The van der Waals surface area contributed by atoms with Crippen molar-refractivity contribution in [3.8, 4) is 0 Å². The number of fused-ring (bicyclic) bond motifs is 3. The molecule has 1 aromatic heterocycles. The third kappa shape index (κ3) is 3.90. The normalized spacial score (nSPS) is 18.1. The molecule has 180 valence electrons. The van der Waals surface area contributed by atoms with E-state index < -0.39 is 20.9 Å². The Morgan fingerprint density at radius 2 is 1.79 bits per heavy atom. The SMILES string of the molecule is CCNc1c(N[C@@H]2CCc3c2cc(S(=O)(=O)NCC(C)C)c2cc(C4CC4)ncc32)c(=O)c1=O. The number of hydrogen-bond donors (Lipinski definition) is 3. The Kier molecular flexibility index (Phi) is 5.72. The quantitative estimate of drug-likeness (QED) is 0.401. The number of nitrogens with one attached hydrogen (secondary N) is 3. The lowest BCUT2D eigenvalue weighted by atomic mass is 10.00. The second-order valence-corrected chi connectivity index (χ2v) is 11.5. The van der Waals surface area contributed by atoms with Crippen molar-refractivity contribution >= 4 is 32.2 Å². The second kappa shape index (κ2) is 8.46. The summed E-state index contributed by atoms with van der Waals surface area (Å²) < 4.78 is 29.6. The summed E-state index contributed by atoms with van der Waals surface area (Å²) in [7, 11) is -3.76. The van der Waals surface area contributed by atoms with E-state index in [1.807, 2.05) is 33.0 Å². The van der Waals surface area contributed by atoms with E-state index in [0.717, 1.165) is 41.5 Å². The first-order valence-corrected chi connectivity index (χ1v) is 13.5. The molecule has 8 nitrogen and oxygen atoms in total. The van der Waals surface area contributed by atoms with Gasteiger partial charge in [0, 0.05) is 41.7 Å². The maximum atomic E-state index is 13.4. The maximum absolute atomic E-state index is 13.4. The Balaban J connectivity index is 1.61. The molecule has 34 heavy (non-hydrogen) atoms. The van der Waals surface area contributed by atoms with Crippen LogP contribution in [-0.2, 0) is 16.4 Å². The van der Waals surface area contributed by atoms with Gasteiger partial charge in [0.25, 0.3) is 10.9 Å². The number of aryl methyl sites for hydroxylation is 1. The molecule has 0 bridgehead atoms. The Bertz CT molecular complexity index is 1450. The highest BCUT2D eigenvalue weighted by Gasteiger charge is 2.33. The van der Waals surface area contributed by atoms with E-state index in [1.54, 1.807) is 6.07 Å². The molecule has 2 aliphatic rings. The number of rotatable bonds is 9. The lowest BCUT2D eigenvalue weighted by Gasteiger charge is -2.21. The largest absolute Gasteiger partial charge is 0.380 e. The third-order valence-electron chi connectivity index (χ3n) is 6.76. The molecule has 1 fully saturated rings. The fourth-order valence-corrected chi connectivity index (χ4v) is 6.24. The van der Waals surface area contributed by atoms with Crippen molar-refractivity contribution in [2.75, 3.05) is 23.7 Å². The monoisotopic (exact) mass is 482 g/mol. The maximum Gasteiger partial charge on any atom is 0.253 e. The Hall–Kier alpha value is -2.78. The van der Waals surface area contributed by atoms with Crippen LogP contribution >= 0.6 is 0 Å². The van der Waals surface area contributed by atoms with Crippen molar-refractivity contribution in [1.29, 1.82) is 0 Å². The average molecular weight is 483 g/mol. The van der Waals surface area contributed by atoms with E-state index in [9.17, 15) is 18.0 Å². The van der Waals surface area contributed by atoms with Crippen molar-refractivity contribution in [1.82, 2.24) is 9.71 Å². The average Bonchev–Trinajstić information content (AvgIpc) is 3.59. The van der Waals surface area contributed by atoms with Gasteiger partial charge < -0.3 is 10.6 Å². The van der Waals surface area contributed by atoms with Gasteiger partial charge in [-0.2, -0.15) is 0 Å². The fourth-order valence-electron chi connectivity index (χ4n) is 4.79. The van der Waals surface area contributed by atoms with Gasteiger partial charge in [0.2, 0.25) is 10.0 Å². The fraction of sp³-hybridized carbons (Fsp3) is 0.480. The third-order valence-corrected chi connectivity index (χ3v) is 8.22. The minimum atomic E-state index is -3.76. The molecule has 0 amide bonds. The van der Waals surface area contributed by atoms with Crippen LogP contribution in [0.25, 0.3) is 10.8 Å². The van der Waals surface area contributed by atoms with Crippen LogP contribution in [0.2, 0.25) is 0 Å². The molecule has 2 aliphatic carbocycles. The minimum Gasteiger partial charge on any atom is -0.380 e. The van der Waals surface area contributed by atoms with Crippen LogP contribution in [0.1, 0.15) is 68.8 Å². The van der Waals surface area contributed by atoms with Crippen LogP contribution in [-0.4, -0.2) is 26.5 Å². The van der Waals surface area contributed by atoms with Gasteiger partial charge in [0.05, 0.1) is 10.9 Å². The van der Waals surface area contributed by atoms with E-state index in [0.29, 0.717) is 36.5 Å². The van der Waals surface area contributed by atoms with Crippen molar-refractivity contribution in [2.24, 2.45) is 5.92 Å². The zero-order valence-electron chi connectivity index (χ0n) is 19.7. The van der Waals surface area contributed by atoms with Gasteiger partial charge in [-0.15, -0.1) is 0 Å². The number of hydrogen-bond acceptors (Lipinski definition) is 7. The number of benzene rings is 1. The minimum absolute atomic E-state index is 0.173. The van der Waals surface area contributed by atoms with Gasteiger partial charge in [-0.1, -0.05) is 13.8 Å². The molecule has 0 unspecified atom stereocenters. The predicted molar refractivity (Wildman–Crippen MR) is 134 cm³/mol. The van der Waals surface area contributed by atoms with E-state index in [1.165, 1.54) is 0 Å². The lowest BCUT2D eigenvalue weighted by molar-refractivity contribution is 0.561. The van der Waals surface area contributed by atoms with Gasteiger partial charge in [-0.05, 0) is 61.8 Å². The smallest absolute Gasteiger partial charge is 0.253 e. The zero-order valence-corrected chi connectivity index (χ0v) is 20.5. The summed E-state index contributed by atoms with van der Waals surface area (Å²) in [6.07, 6.45) is 5.41. The van der Waals surface area contributed by atoms with E-state index in [-0.39, 0.29) is 22.5 Å². The first kappa shape index (κ1) is 23.0. The second-order valence-electron chi connectivity index (χ2n) is 9.79. The number of anilines is 2. The van der Waals surface area contributed by atoms with E-state index in [4.69, 9.17) is 0 Å². The molecule has 3 aromatic rings. The first-order chi connectivity index (χ1) is 16.2. The molecule has 9 heteroatoms. The summed E-state index contributed by atoms with van der Waals surface area (Å²) in [5, 5.41) is 7.73. The van der Waals surface area contributed by atoms with Crippen LogP contribution in [0.15, 0.2) is 32.8 Å². The highest BCUT2D eigenvalue weighted by Crippen LogP contribution is 2.44. The first-order valence-electron chi connectivity index (χ1n) is 12.0. The van der Waals surface area contributed by atoms with Gasteiger partial charge in [-0.3, -0.25) is 14.6 Å². The highest BCUT2D eigenvalue weighted by atomic mass is 32.2. The van der Waals surface area contributed by atoms with Crippen molar-refractivity contribution in [3.05, 3.63) is 55.6 Å². The van der Waals surface area contributed by atoms with Crippen LogP contribution in [0.5, 0.6) is 0 Å². The van der Waals surface area contributed by atoms with Crippen molar-refractivity contribution < 1.29 is 8.42 Å².